The lowest BCUT2D eigenvalue weighted by Gasteiger charge is -1.97. The molecule has 0 spiro atoms. The van der Waals surface area contributed by atoms with Gasteiger partial charge in [-0.1, -0.05) is 0 Å². The van der Waals surface area contributed by atoms with Crippen LogP contribution in [0.2, 0.25) is 0 Å². The molecule has 0 aliphatic heterocycles. The number of nitrogens with one attached hydrogen (secondary N) is 1. The van der Waals surface area contributed by atoms with Gasteiger partial charge in [0.15, 0.2) is 5.13 Å². The summed E-state index contributed by atoms with van der Waals surface area (Å²) < 4.78 is 0. The molecule has 20 heavy (non-hydrogen) atoms. The molecule has 1 saturated carbocycles. The van der Waals surface area contributed by atoms with E-state index in [-0.39, 0.29) is 12.3 Å². The highest BCUT2D eigenvalue weighted by Gasteiger charge is 2.27. The summed E-state index contributed by atoms with van der Waals surface area (Å²) in [5, 5.41) is 16.1. The van der Waals surface area contributed by atoms with Crippen LogP contribution >= 0.6 is 22.7 Å². The zero-order valence-electron chi connectivity index (χ0n) is 10.3. The fraction of sp³-hybridized carbons (Fsp3) is 0.333. The van der Waals surface area contributed by atoms with Gasteiger partial charge in [0.25, 0.3) is 5.91 Å². The summed E-state index contributed by atoms with van der Waals surface area (Å²) in [6, 6.07) is 0. The predicted molar refractivity (Wildman–Crippen MR) is 75.5 cm³/mol. The lowest BCUT2D eigenvalue weighted by Crippen LogP contribution is -2.12. The Balaban J connectivity index is 1.65. The van der Waals surface area contributed by atoms with Crippen LogP contribution in [0.15, 0.2) is 10.8 Å². The fourth-order valence-electron chi connectivity index (χ4n) is 1.67. The van der Waals surface area contributed by atoms with E-state index in [1.807, 2.05) is 0 Å². The molecule has 2 N–H and O–H groups in total. The number of hydrogen-bond acceptors (Lipinski definition) is 6. The summed E-state index contributed by atoms with van der Waals surface area (Å²) in [4.78, 5) is 30.9. The summed E-state index contributed by atoms with van der Waals surface area (Å²) in [5.74, 6) is -0.713. The largest absolute Gasteiger partial charge is 0.481 e. The number of rotatable bonds is 5. The maximum Gasteiger partial charge on any atom is 0.309 e. The summed E-state index contributed by atoms with van der Waals surface area (Å²) in [7, 11) is 0. The van der Waals surface area contributed by atoms with Crippen LogP contribution in [0.4, 0.5) is 5.13 Å². The van der Waals surface area contributed by atoms with Crippen molar-refractivity contribution in [3.8, 4) is 0 Å². The third-order valence-electron chi connectivity index (χ3n) is 2.79. The van der Waals surface area contributed by atoms with Gasteiger partial charge in [-0.2, -0.15) is 0 Å². The molecule has 2 aromatic rings. The molecule has 0 aromatic carbocycles. The average molecular weight is 309 g/mol. The van der Waals surface area contributed by atoms with Gasteiger partial charge in [-0.3, -0.25) is 14.9 Å². The zero-order chi connectivity index (χ0) is 14.1. The standard InChI is InChI=1S/C12H11N3O3S2/c16-9(17)3-7-4-20-12(13-7)15-10(18)8-5-19-11(14-8)6-1-2-6/h4-6H,1-3H2,(H,16,17)(H,13,15,18). The maximum absolute atomic E-state index is 12.0. The van der Waals surface area contributed by atoms with Gasteiger partial charge in [0.1, 0.15) is 5.69 Å². The third kappa shape index (κ3) is 3.02. The number of nitrogens with zero attached hydrogens (tertiary/aromatic N) is 2. The smallest absolute Gasteiger partial charge is 0.309 e. The first-order valence-corrected chi connectivity index (χ1v) is 7.80. The summed E-state index contributed by atoms with van der Waals surface area (Å²) >= 11 is 2.72. The van der Waals surface area contributed by atoms with Crippen molar-refractivity contribution in [2.24, 2.45) is 0 Å². The van der Waals surface area contributed by atoms with Crippen molar-refractivity contribution < 1.29 is 14.7 Å². The van der Waals surface area contributed by atoms with Gasteiger partial charge in [-0.25, -0.2) is 9.97 Å². The Labute approximate surface area is 122 Å². The zero-order valence-corrected chi connectivity index (χ0v) is 12.0. The molecular formula is C12H11N3O3S2. The SMILES string of the molecule is O=C(O)Cc1csc(NC(=O)c2csc(C3CC3)n2)n1. The first kappa shape index (κ1) is 13.2. The number of carboxylic acids is 1. The number of amides is 1. The van der Waals surface area contributed by atoms with Crippen LogP contribution < -0.4 is 5.32 Å². The molecule has 0 saturated heterocycles. The Kier molecular flexibility index (Phi) is 3.49. The number of aromatic nitrogens is 2. The van der Waals surface area contributed by atoms with E-state index in [0.717, 1.165) is 17.8 Å². The molecule has 1 amide bonds. The van der Waals surface area contributed by atoms with Gasteiger partial charge in [0.2, 0.25) is 0 Å². The highest BCUT2D eigenvalue weighted by Crippen LogP contribution is 2.41. The van der Waals surface area contributed by atoms with E-state index < -0.39 is 5.97 Å². The molecule has 0 atom stereocenters. The number of anilines is 1. The molecule has 1 fully saturated rings. The van der Waals surface area contributed by atoms with E-state index in [9.17, 15) is 9.59 Å². The molecule has 1 aliphatic rings. The molecule has 2 heterocycles. The van der Waals surface area contributed by atoms with Crippen LogP contribution in [0.1, 0.15) is 39.9 Å². The lowest BCUT2D eigenvalue weighted by atomic mass is 10.3. The van der Waals surface area contributed by atoms with E-state index in [2.05, 4.69) is 15.3 Å². The van der Waals surface area contributed by atoms with Crippen molar-refractivity contribution in [2.75, 3.05) is 5.32 Å². The maximum atomic E-state index is 12.0. The number of aliphatic carboxylic acids is 1. The number of hydrogen-bond donors (Lipinski definition) is 2. The van der Waals surface area contributed by atoms with Gasteiger partial charge in [-0.05, 0) is 12.8 Å². The topological polar surface area (TPSA) is 92.2 Å². The minimum Gasteiger partial charge on any atom is -0.481 e. The molecule has 0 radical (unpaired) electrons. The highest BCUT2D eigenvalue weighted by molar-refractivity contribution is 7.14. The minimum absolute atomic E-state index is 0.144. The van der Waals surface area contributed by atoms with Gasteiger partial charge in [0.05, 0.1) is 17.1 Å². The van der Waals surface area contributed by atoms with E-state index in [1.54, 1.807) is 10.8 Å². The lowest BCUT2D eigenvalue weighted by molar-refractivity contribution is -0.136. The third-order valence-corrected chi connectivity index (χ3v) is 4.60. The number of carboxylic acid groups (broad SMARTS) is 1. The Hall–Kier alpha value is -1.80. The van der Waals surface area contributed by atoms with Gasteiger partial charge < -0.3 is 5.11 Å². The van der Waals surface area contributed by atoms with Crippen molar-refractivity contribution in [1.82, 2.24) is 9.97 Å². The van der Waals surface area contributed by atoms with E-state index in [1.165, 1.54) is 22.7 Å². The van der Waals surface area contributed by atoms with Gasteiger partial charge >= 0.3 is 5.97 Å². The fourth-order valence-corrected chi connectivity index (χ4v) is 3.35. The first-order valence-electron chi connectivity index (χ1n) is 6.05. The van der Waals surface area contributed by atoms with Crippen molar-refractivity contribution >= 4 is 39.7 Å². The molecule has 0 bridgehead atoms. The highest BCUT2D eigenvalue weighted by atomic mass is 32.1. The average Bonchev–Trinajstić information content (AvgIpc) is 2.96. The minimum atomic E-state index is -0.943. The quantitative estimate of drug-likeness (QED) is 0.884. The van der Waals surface area contributed by atoms with E-state index in [4.69, 9.17) is 5.11 Å². The molecule has 104 valence electrons. The Morgan fingerprint density at radius 1 is 1.30 bits per heavy atom. The van der Waals surface area contributed by atoms with Crippen LogP contribution in [0, 0.1) is 0 Å². The van der Waals surface area contributed by atoms with Crippen LogP contribution in [-0.4, -0.2) is 27.0 Å². The second-order valence-corrected chi connectivity index (χ2v) is 6.26. The van der Waals surface area contributed by atoms with Crippen LogP contribution in [0.25, 0.3) is 0 Å². The molecule has 6 nitrogen and oxygen atoms in total. The van der Waals surface area contributed by atoms with Gasteiger partial charge in [0, 0.05) is 16.7 Å². The number of carbonyl (C=O) groups is 2. The van der Waals surface area contributed by atoms with Crippen molar-refractivity contribution in [2.45, 2.75) is 25.2 Å². The summed E-state index contributed by atoms with van der Waals surface area (Å²) in [6.45, 7) is 0. The summed E-state index contributed by atoms with van der Waals surface area (Å²) in [5.41, 5.74) is 0.835. The van der Waals surface area contributed by atoms with Crippen LogP contribution in [-0.2, 0) is 11.2 Å². The Morgan fingerprint density at radius 3 is 2.80 bits per heavy atom. The summed E-state index contributed by atoms with van der Waals surface area (Å²) in [6.07, 6.45) is 2.16. The van der Waals surface area contributed by atoms with Crippen molar-refractivity contribution in [1.29, 1.82) is 0 Å². The molecular weight excluding hydrogens is 298 g/mol. The molecule has 1 aliphatic carbocycles. The molecule has 3 rings (SSSR count). The number of carbonyl (C=O) groups excluding carboxylic acids is 1. The van der Waals surface area contributed by atoms with Gasteiger partial charge in [-0.15, -0.1) is 22.7 Å². The van der Waals surface area contributed by atoms with Crippen LogP contribution in [0.3, 0.4) is 0 Å². The molecule has 2 aromatic heterocycles. The Morgan fingerprint density at radius 2 is 2.10 bits per heavy atom. The second kappa shape index (κ2) is 5.29. The van der Waals surface area contributed by atoms with E-state index >= 15 is 0 Å². The predicted octanol–water partition coefficient (Wildman–Crippen LogP) is 2.36. The Bertz CT molecular complexity index is 660. The molecule has 8 heteroatoms. The first-order chi connectivity index (χ1) is 9.61. The second-order valence-electron chi connectivity index (χ2n) is 4.51. The van der Waals surface area contributed by atoms with Crippen molar-refractivity contribution in [3.63, 3.8) is 0 Å². The molecule has 0 unspecified atom stereocenters. The van der Waals surface area contributed by atoms with E-state index in [0.29, 0.717) is 22.4 Å². The number of thiazole rings is 2. The van der Waals surface area contributed by atoms with Crippen LogP contribution in [0.5, 0.6) is 0 Å². The van der Waals surface area contributed by atoms with Crippen molar-refractivity contribution in [3.05, 3.63) is 27.2 Å². The monoisotopic (exact) mass is 309 g/mol. The normalized spacial score (nSPS) is 14.2.